The smallest absolute Gasteiger partial charge is 0.319 e. The van der Waals surface area contributed by atoms with Crippen LogP contribution < -0.4 is 14.8 Å². The van der Waals surface area contributed by atoms with Gasteiger partial charge in [0.1, 0.15) is 0 Å². The van der Waals surface area contributed by atoms with Crippen LogP contribution in [0.1, 0.15) is 26.3 Å². The molecule has 0 saturated carbocycles. The number of hydrogen-bond acceptors (Lipinski definition) is 5. The lowest BCUT2D eigenvalue weighted by atomic mass is 10.2. The summed E-state index contributed by atoms with van der Waals surface area (Å²) in [6, 6.07) is 5.72. The van der Waals surface area contributed by atoms with Crippen LogP contribution in [0.4, 0.5) is 0 Å². The highest BCUT2D eigenvalue weighted by molar-refractivity contribution is 5.71. The van der Waals surface area contributed by atoms with Gasteiger partial charge in [-0.1, -0.05) is 6.07 Å². The van der Waals surface area contributed by atoms with E-state index in [1.807, 2.05) is 32.0 Å². The highest BCUT2D eigenvalue weighted by Gasteiger charge is 2.08. The predicted molar refractivity (Wildman–Crippen MR) is 77.1 cm³/mol. The molecule has 1 aromatic rings. The zero-order valence-corrected chi connectivity index (χ0v) is 12.6. The summed E-state index contributed by atoms with van der Waals surface area (Å²) in [4.78, 5) is 11.2. The van der Waals surface area contributed by atoms with E-state index < -0.39 is 0 Å². The number of ether oxygens (including phenoxy) is 3. The standard InChI is InChI=1S/C15H23NO4/c1-5-19-15(17)10-16-9-12-6-7-13(20-11(2)3)14(8-12)18-4/h6-8,11,16H,5,9-10H2,1-4H3. The molecule has 0 fully saturated rings. The third-order valence-corrected chi connectivity index (χ3v) is 2.49. The van der Waals surface area contributed by atoms with Crippen LogP contribution >= 0.6 is 0 Å². The molecular weight excluding hydrogens is 258 g/mol. The molecule has 0 atom stereocenters. The highest BCUT2D eigenvalue weighted by Crippen LogP contribution is 2.28. The first-order chi connectivity index (χ1) is 9.56. The van der Waals surface area contributed by atoms with Crippen LogP contribution in [0.25, 0.3) is 0 Å². The molecular formula is C15H23NO4. The van der Waals surface area contributed by atoms with Crippen LogP contribution in [0.5, 0.6) is 11.5 Å². The minimum absolute atomic E-state index is 0.0942. The molecule has 0 spiro atoms. The van der Waals surface area contributed by atoms with Crippen LogP contribution in [0.2, 0.25) is 0 Å². The van der Waals surface area contributed by atoms with E-state index in [1.165, 1.54) is 0 Å². The monoisotopic (exact) mass is 281 g/mol. The Morgan fingerprint density at radius 3 is 2.65 bits per heavy atom. The largest absolute Gasteiger partial charge is 0.493 e. The zero-order valence-electron chi connectivity index (χ0n) is 12.6. The van der Waals surface area contributed by atoms with Gasteiger partial charge in [-0.2, -0.15) is 0 Å². The van der Waals surface area contributed by atoms with Gasteiger partial charge in [0.25, 0.3) is 0 Å². The van der Waals surface area contributed by atoms with Crippen molar-refractivity contribution in [2.75, 3.05) is 20.3 Å². The topological polar surface area (TPSA) is 56.8 Å². The van der Waals surface area contributed by atoms with Crippen molar-refractivity contribution in [3.63, 3.8) is 0 Å². The van der Waals surface area contributed by atoms with Crippen LogP contribution in [-0.4, -0.2) is 32.3 Å². The number of carbonyl (C=O) groups excluding carboxylic acids is 1. The maximum absolute atomic E-state index is 11.2. The van der Waals surface area contributed by atoms with Crippen molar-refractivity contribution in [3.05, 3.63) is 23.8 Å². The van der Waals surface area contributed by atoms with Crippen LogP contribution in [0, 0.1) is 0 Å². The lowest BCUT2D eigenvalue weighted by Gasteiger charge is -2.14. The minimum atomic E-state index is -0.251. The Balaban J connectivity index is 2.57. The van der Waals surface area contributed by atoms with Crippen LogP contribution in [0.15, 0.2) is 18.2 Å². The molecule has 0 heterocycles. The summed E-state index contributed by atoms with van der Waals surface area (Å²) in [5, 5.41) is 3.03. The van der Waals surface area contributed by atoms with Gasteiger partial charge in [-0.15, -0.1) is 0 Å². The second-order valence-corrected chi connectivity index (χ2v) is 4.56. The quantitative estimate of drug-likeness (QED) is 0.740. The fourth-order valence-corrected chi connectivity index (χ4v) is 1.69. The number of nitrogens with one attached hydrogen (secondary N) is 1. The van der Waals surface area contributed by atoms with Gasteiger partial charge in [0.15, 0.2) is 11.5 Å². The Hall–Kier alpha value is -1.75. The fourth-order valence-electron chi connectivity index (χ4n) is 1.69. The van der Waals surface area contributed by atoms with Crippen molar-refractivity contribution in [1.29, 1.82) is 0 Å². The SMILES string of the molecule is CCOC(=O)CNCc1ccc(OC(C)C)c(OC)c1. The van der Waals surface area contributed by atoms with Crippen molar-refractivity contribution in [2.24, 2.45) is 0 Å². The molecule has 0 aromatic heterocycles. The van der Waals surface area contributed by atoms with Crippen LogP contribution in [0.3, 0.4) is 0 Å². The minimum Gasteiger partial charge on any atom is -0.493 e. The van der Waals surface area contributed by atoms with Crippen molar-refractivity contribution < 1.29 is 19.0 Å². The maximum Gasteiger partial charge on any atom is 0.319 e. The van der Waals surface area contributed by atoms with Gasteiger partial charge in [0.2, 0.25) is 0 Å². The molecule has 0 saturated heterocycles. The number of benzene rings is 1. The van der Waals surface area contributed by atoms with Crippen molar-refractivity contribution in [3.8, 4) is 11.5 Å². The lowest BCUT2D eigenvalue weighted by molar-refractivity contribution is -0.142. The Morgan fingerprint density at radius 2 is 2.05 bits per heavy atom. The Labute approximate surface area is 120 Å². The summed E-state index contributed by atoms with van der Waals surface area (Å²) in [5.74, 6) is 1.16. The third kappa shape index (κ3) is 5.48. The Bertz CT molecular complexity index is 432. The van der Waals surface area contributed by atoms with E-state index in [4.69, 9.17) is 14.2 Å². The molecule has 1 N–H and O–H groups in total. The molecule has 0 radical (unpaired) electrons. The Morgan fingerprint density at radius 1 is 1.30 bits per heavy atom. The van der Waals surface area contributed by atoms with E-state index in [9.17, 15) is 4.79 Å². The maximum atomic E-state index is 11.2. The summed E-state index contributed by atoms with van der Waals surface area (Å²) in [7, 11) is 1.61. The Kier molecular flexibility index (Phi) is 6.87. The second kappa shape index (κ2) is 8.43. The summed E-state index contributed by atoms with van der Waals surface area (Å²) in [5.41, 5.74) is 1.02. The number of rotatable bonds is 8. The summed E-state index contributed by atoms with van der Waals surface area (Å²) in [6.07, 6.45) is 0.0942. The van der Waals surface area contributed by atoms with Gasteiger partial charge in [0.05, 0.1) is 26.4 Å². The average Bonchev–Trinajstić information content (AvgIpc) is 2.40. The van der Waals surface area contributed by atoms with E-state index >= 15 is 0 Å². The average molecular weight is 281 g/mol. The molecule has 0 aliphatic rings. The van der Waals surface area contributed by atoms with Crippen LogP contribution in [-0.2, 0) is 16.1 Å². The number of carbonyl (C=O) groups is 1. The first-order valence-corrected chi connectivity index (χ1v) is 6.76. The molecule has 1 rings (SSSR count). The molecule has 5 heteroatoms. The van der Waals surface area contributed by atoms with Gasteiger partial charge in [-0.3, -0.25) is 4.79 Å². The summed E-state index contributed by atoms with van der Waals surface area (Å²) in [6.45, 7) is 6.88. The fraction of sp³-hybridized carbons (Fsp3) is 0.533. The van der Waals surface area contributed by atoms with E-state index in [0.717, 1.165) is 11.3 Å². The number of hydrogen-bond donors (Lipinski definition) is 1. The van der Waals surface area contributed by atoms with E-state index in [-0.39, 0.29) is 18.6 Å². The highest BCUT2D eigenvalue weighted by atomic mass is 16.5. The van der Waals surface area contributed by atoms with E-state index in [0.29, 0.717) is 18.9 Å². The zero-order chi connectivity index (χ0) is 15.0. The van der Waals surface area contributed by atoms with Gasteiger partial charge < -0.3 is 19.5 Å². The molecule has 112 valence electrons. The first kappa shape index (κ1) is 16.3. The molecule has 0 unspecified atom stereocenters. The van der Waals surface area contributed by atoms with E-state index in [2.05, 4.69) is 5.32 Å². The third-order valence-electron chi connectivity index (χ3n) is 2.49. The van der Waals surface area contributed by atoms with Crippen molar-refractivity contribution in [2.45, 2.75) is 33.4 Å². The first-order valence-electron chi connectivity index (χ1n) is 6.76. The predicted octanol–water partition coefficient (Wildman–Crippen LogP) is 2.14. The molecule has 20 heavy (non-hydrogen) atoms. The van der Waals surface area contributed by atoms with Gasteiger partial charge in [-0.25, -0.2) is 0 Å². The molecule has 1 aromatic carbocycles. The summed E-state index contributed by atoms with van der Waals surface area (Å²) < 4.78 is 15.8. The second-order valence-electron chi connectivity index (χ2n) is 4.56. The lowest BCUT2D eigenvalue weighted by Crippen LogP contribution is -2.24. The summed E-state index contributed by atoms with van der Waals surface area (Å²) >= 11 is 0. The molecule has 0 aliphatic heterocycles. The molecule has 0 aliphatic carbocycles. The van der Waals surface area contributed by atoms with Gasteiger partial charge in [-0.05, 0) is 38.5 Å². The molecule has 0 amide bonds. The van der Waals surface area contributed by atoms with Gasteiger partial charge >= 0.3 is 5.97 Å². The molecule has 5 nitrogen and oxygen atoms in total. The van der Waals surface area contributed by atoms with Crippen molar-refractivity contribution >= 4 is 5.97 Å². The molecule has 0 bridgehead atoms. The van der Waals surface area contributed by atoms with Crippen molar-refractivity contribution in [1.82, 2.24) is 5.32 Å². The van der Waals surface area contributed by atoms with E-state index in [1.54, 1.807) is 14.0 Å². The normalized spacial score (nSPS) is 10.4. The number of methoxy groups -OCH3 is 1. The number of esters is 1. The van der Waals surface area contributed by atoms with Gasteiger partial charge in [0, 0.05) is 6.54 Å².